The molecule has 0 aliphatic heterocycles. The normalized spacial score (nSPS) is 15.0. The van der Waals surface area contributed by atoms with Crippen LogP contribution >= 0.6 is 0 Å². The summed E-state index contributed by atoms with van der Waals surface area (Å²) in [6, 6.07) is 4.17. The first-order chi connectivity index (χ1) is 8.13. The lowest BCUT2D eigenvalue weighted by Crippen LogP contribution is -2.12. The molecule has 0 bridgehead atoms. The minimum absolute atomic E-state index is 0.338. The van der Waals surface area contributed by atoms with Crippen LogP contribution in [0.3, 0.4) is 0 Å². The molecular weight excluding hydrogens is 212 g/mol. The van der Waals surface area contributed by atoms with Crippen LogP contribution in [0.2, 0.25) is 0 Å². The molecule has 0 aliphatic carbocycles. The predicted octanol–water partition coefficient (Wildman–Crippen LogP) is 3.01. The Hall–Kier alpha value is -1.58. The fraction of sp³-hybridized carbons (Fsp3) is 0.538. The van der Waals surface area contributed by atoms with E-state index in [2.05, 4.69) is 30.7 Å². The smallest absolute Gasteiger partial charge is 0.202 e. The van der Waals surface area contributed by atoms with E-state index in [-0.39, 0.29) is 0 Å². The van der Waals surface area contributed by atoms with Gasteiger partial charge in [-0.15, -0.1) is 0 Å². The number of pyridine rings is 1. The van der Waals surface area contributed by atoms with Gasteiger partial charge in [-0.1, -0.05) is 20.3 Å². The highest BCUT2D eigenvalue weighted by molar-refractivity contribution is 5.73. The molecule has 4 heteroatoms. The third-order valence-electron chi connectivity index (χ3n) is 3.36. The van der Waals surface area contributed by atoms with Crippen LogP contribution in [0.1, 0.15) is 39.7 Å². The standard InChI is InChI=1S/C13H20N4/c1-4-9(2)8-10(3)17-12-11(16-13(17)14)6-5-7-15-12/h5-7,9-10H,4,8H2,1-3H3,(H2,14,16). The van der Waals surface area contributed by atoms with Gasteiger partial charge < -0.3 is 5.73 Å². The summed E-state index contributed by atoms with van der Waals surface area (Å²) in [5, 5.41) is 0. The largest absolute Gasteiger partial charge is 0.369 e. The quantitative estimate of drug-likeness (QED) is 0.881. The van der Waals surface area contributed by atoms with Gasteiger partial charge in [-0.25, -0.2) is 9.97 Å². The number of nitrogens with two attached hydrogens (primary N) is 1. The predicted molar refractivity (Wildman–Crippen MR) is 70.7 cm³/mol. The van der Waals surface area contributed by atoms with E-state index in [1.807, 2.05) is 16.7 Å². The Balaban J connectivity index is 2.37. The topological polar surface area (TPSA) is 56.7 Å². The molecule has 4 nitrogen and oxygen atoms in total. The van der Waals surface area contributed by atoms with Gasteiger partial charge in [0.25, 0.3) is 0 Å². The number of hydrogen-bond donors (Lipinski definition) is 1. The summed E-state index contributed by atoms with van der Waals surface area (Å²) in [7, 11) is 0. The Morgan fingerprint density at radius 1 is 1.41 bits per heavy atom. The number of hydrogen-bond acceptors (Lipinski definition) is 3. The molecule has 0 amide bonds. The van der Waals surface area contributed by atoms with E-state index in [1.165, 1.54) is 6.42 Å². The van der Waals surface area contributed by atoms with Gasteiger partial charge in [0, 0.05) is 12.2 Å². The fourth-order valence-corrected chi connectivity index (χ4v) is 2.24. The number of nitrogens with zero attached hydrogens (tertiary/aromatic N) is 3. The first-order valence-corrected chi connectivity index (χ1v) is 6.22. The summed E-state index contributed by atoms with van der Waals surface area (Å²) in [6.07, 6.45) is 4.07. The van der Waals surface area contributed by atoms with E-state index in [4.69, 9.17) is 5.73 Å². The van der Waals surface area contributed by atoms with E-state index in [0.29, 0.717) is 17.9 Å². The SMILES string of the molecule is CCC(C)CC(C)n1c(N)nc2cccnc21. The second kappa shape index (κ2) is 4.73. The van der Waals surface area contributed by atoms with E-state index < -0.39 is 0 Å². The van der Waals surface area contributed by atoms with Crippen molar-refractivity contribution in [3.05, 3.63) is 18.3 Å². The maximum atomic E-state index is 5.98. The zero-order chi connectivity index (χ0) is 12.4. The van der Waals surface area contributed by atoms with Gasteiger partial charge in [-0.3, -0.25) is 4.57 Å². The van der Waals surface area contributed by atoms with E-state index in [1.54, 1.807) is 6.20 Å². The molecule has 2 heterocycles. The molecule has 2 unspecified atom stereocenters. The van der Waals surface area contributed by atoms with Crippen LogP contribution in [0.25, 0.3) is 11.2 Å². The average molecular weight is 232 g/mol. The Morgan fingerprint density at radius 2 is 2.18 bits per heavy atom. The Bertz CT molecular complexity index is 503. The van der Waals surface area contributed by atoms with E-state index in [0.717, 1.165) is 17.6 Å². The van der Waals surface area contributed by atoms with Gasteiger partial charge in [0.05, 0.1) is 0 Å². The molecule has 2 rings (SSSR count). The van der Waals surface area contributed by atoms with Crippen molar-refractivity contribution >= 4 is 17.1 Å². The highest BCUT2D eigenvalue weighted by Gasteiger charge is 2.16. The highest BCUT2D eigenvalue weighted by Crippen LogP contribution is 2.26. The Labute approximate surface area is 102 Å². The van der Waals surface area contributed by atoms with Crippen LogP contribution in [-0.2, 0) is 0 Å². The molecule has 17 heavy (non-hydrogen) atoms. The van der Waals surface area contributed by atoms with Crippen LogP contribution in [0, 0.1) is 5.92 Å². The molecule has 2 aromatic rings. The molecule has 0 fully saturated rings. The lowest BCUT2D eigenvalue weighted by atomic mass is 10.0. The Kier molecular flexibility index (Phi) is 3.31. The molecule has 0 saturated carbocycles. The molecule has 0 spiro atoms. The number of rotatable bonds is 4. The monoisotopic (exact) mass is 232 g/mol. The minimum atomic E-state index is 0.338. The molecule has 0 saturated heterocycles. The van der Waals surface area contributed by atoms with Crippen molar-refractivity contribution in [2.75, 3.05) is 5.73 Å². The molecule has 92 valence electrons. The first kappa shape index (κ1) is 11.9. The number of anilines is 1. The molecule has 0 aliphatic rings. The second-order valence-corrected chi connectivity index (χ2v) is 4.78. The summed E-state index contributed by atoms with van der Waals surface area (Å²) in [5.41, 5.74) is 7.75. The van der Waals surface area contributed by atoms with Crippen molar-refractivity contribution in [3.8, 4) is 0 Å². The molecular formula is C13H20N4. The van der Waals surface area contributed by atoms with Crippen LogP contribution in [-0.4, -0.2) is 14.5 Å². The van der Waals surface area contributed by atoms with Gasteiger partial charge in [0.2, 0.25) is 5.95 Å². The van der Waals surface area contributed by atoms with Crippen LogP contribution < -0.4 is 5.73 Å². The number of nitrogen functional groups attached to an aromatic ring is 1. The van der Waals surface area contributed by atoms with E-state index >= 15 is 0 Å². The molecule has 2 N–H and O–H groups in total. The van der Waals surface area contributed by atoms with Gasteiger partial charge in [-0.05, 0) is 31.4 Å². The summed E-state index contributed by atoms with van der Waals surface area (Å²) in [5.74, 6) is 1.25. The molecule has 2 atom stereocenters. The molecule has 0 radical (unpaired) electrons. The van der Waals surface area contributed by atoms with Gasteiger partial charge in [-0.2, -0.15) is 0 Å². The second-order valence-electron chi connectivity index (χ2n) is 4.78. The maximum absolute atomic E-state index is 5.98. The van der Waals surface area contributed by atoms with Crippen molar-refractivity contribution in [1.82, 2.24) is 14.5 Å². The van der Waals surface area contributed by atoms with Gasteiger partial charge >= 0.3 is 0 Å². The van der Waals surface area contributed by atoms with E-state index in [9.17, 15) is 0 Å². The third-order valence-corrected chi connectivity index (χ3v) is 3.36. The molecule has 0 aromatic carbocycles. The van der Waals surface area contributed by atoms with Gasteiger partial charge in [0.1, 0.15) is 5.52 Å². The van der Waals surface area contributed by atoms with Crippen molar-refractivity contribution in [1.29, 1.82) is 0 Å². The maximum Gasteiger partial charge on any atom is 0.202 e. The summed E-state index contributed by atoms with van der Waals surface area (Å²) in [4.78, 5) is 8.72. The Morgan fingerprint density at radius 3 is 2.88 bits per heavy atom. The van der Waals surface area contributed by atoms with Crippen molar-refractivity contribution in [2.45, 2.75) is 39.7 Å². The van der Waals surface area contributed by atoms with Crippen molar-refractivity contribution < 1.29 is 0 Å². The first-order valence-electron chi connectivity index (χ1n) is 6.22. The van der Waals surface area contributed by atoms with Crippen molar-refractivity contribution in [2.24, 2.45) is 5.92 Å². The van der Waals surface area contributed by atoms with Crippen LogP contribution in [0.4, 0.5) is 5.95 Å². The highest BCUT2D eigenvalue weighted by atomic mass is 15.2. The number of imidazole rings is 1. The third kappa shape index (κ3) is 2.25. The summed E-state index contributed by atoms with van der Waals surface area (Å²) >= 11 is 0. The fourth-order valence-electron chi connectivity index (χ4n) is 2.24. The number of aromatic nitrogens is 3. The summed E-state index contributed by atoms with van der Waals surface area (Å²) in [6.45, 7) is 6.66. The lowest BCUT2D eigenvalue weighted by Gasteiger charge is -2.18. The minimum Gasteiger partial charge on any atom is -0.369 e. The van der Waals surface area contributed by atoms with Gasteiger partial charge in [0.15, 0.2) is 5.65 Å². The number of fused-ring (bicyclic) bond motifs is 1. The molecule has 2 aromatic heterocycles. The average Bonchev–Trinajstić information content (AvgIpc) is 2.64. The van der Waals surface area contributed by atoms with Crippen molar-refractivity contribution in [3.63, 3.8) is 0 Å². The zero-order valence-electron chi connectivity index (χ0n) is 10.7. The van der Waals surface area contributed by atoms with Crippen LogP contribution in [0.15, 0.2) is 18.3 Å². The zero-order valence-corrected chi connectivity index (χ0v) is 10.7. The lowest BCUT2D eigenvalue weighted by molar-refractivity contribution is 0.406. The van der Waals surface area contributed by atoms with Crippen LogP contribution in [0.5, 0.6) is 0 Å². The summed E-state index contributed by atoms with van der Waals surface area (Å²) < 4.78 is 2.04.